The summed E-state index contributed by atoms with van der Waals surface area (Å²) in [6.07, 6.45) is 1.77. The molecular formula is C16H16N4S. The van der Waals surface area contributed by atoms with E-state index < -0.39 is 0 Å². The average molecular weight is 296 g/mol. The SMILES string of the molecule is Cc1nnc(C(S)c2ccccn2)n1Cc1ccccc1. The third-order valence-corrected chi connectivity index (χ3v) is 3.86. The molecule has 5 heteroatoms. The fourth-order valence-corrected chi connectivity index (χ4v) is 2.57. The minimum absolute atomic E-state index is 0.184. The number of benzene rings is 1. The molecule has 3 rings (SSSR count). The van der Waals surface area contributed by atoms with Crippen LogP contribution in [0, 0.1) is 6.92 Å². The zero-order valence-electron chi connectivity index (χ0n) is 11.7. The van der Waals surface area contributed by atoms with Crippen molar-refractivity contribution in [3.8, 4) is 0 Å². The highest BCUT2D eigenvalue weighted by Crippen LogP contribution is 2.26. The van der Waals surface area contributed by atoms with Crippen LogP contribution in [0.3, 0.4) is 0 Å². The Bertz CT molecular complexity index is 710. The van der Waals surface area contributed by atoms with Gasteiger partial charge in [0.05, 0.1) is 12.2 Å². The van der Waals surface area contributed by atoms with Crippen molar-refractivity contribution < 1.29 is 0 Å². The highest BCUT2D eigenvalue weighted by atomic mass is 32.1. The van der Waals surface area contributed by atoms with E-state index in [4.69, 9.17) is 0 Å². The summed E-state index contributed by atoms with van der Waals surface area (Å²) in [4.78, 5) is 4.35. The van der Waals surface area contributed by atoms with Crippen molar-refractivity contribution in [2.75, 3.05) is 0 Å². The summed E-state index contributed by atoms with van der Waals surface area (Å²) < 4.78 is 2.08. The van der Waals surface area contributed by atoms with Gasteiger partial charge in [0.15, 0.2) is 5.82 Å². The van der Waals surface area contributed by atoms with E-state index in [0.717, 1.165) is 23.9 Å². The maximum Gasteiger partial charge on any atom is 0.152 e. The Hall–Kier alpha value is -2.14. The quantitative estimate of drug-likeness (QED) is 0.753. The maximum absolute atomic E-state index is 4.67. The van der Waals surface area contributed by atoms with Crippen LogP contribution in [-0.4, -0.2) is 19.7 Å². The molecule has 0 aliphatic heterocycles. The highest BCUT2D eigenvalue weighted by Gasteiger charge is 2.19. The second-order valence-electron chi connectivity index (χ2n) is 4.83. The number of nitrogens with zero attached hydrogens (tertiary/aromatic N) is 4. The summed E-state index contributed by atoms with van der Waals surface area (Å²) >= 11 is 4.67. The Morgan fingerprint density at radius 2 is 1.81 bits per heavy atom. The van der Waals surface area contributed by atoms with E-state index in [1.165, 1.54) is 5.56 Å². The Morgan fingerprint density at radius 3 is 2.52 bits per heavy atom. The van der Waals surface area contributed by atoms with Crippen molar-refractivity contribution in [2.45, 2.75) is 18.7 Å². The molecule has 0 spiro atoms. The van der Waals surface area contributed by atoms with Gasteiger partial charge in [-0.2, -0.15) is 12.6 Å². The van der Waals surface area contributed by atoms with Gasteiger partial charge in [0.25, 0.3) is 0 Å². The van der Waals surface area contributed by atoms with Gasteiger partial charge in [-0.15, -0.1) is 10.2 Å². The normalized spacial score (nSPS) is 12.3. The lowest BCUT2D eigenvalue weighted by Crippen LogP contribution is -2.10. The monoisotopic (exact) mass is 296 g/mol. The van der Waals surface area contributed by atoms with Gasteiger partial charge in [0, 0.05) is 6.20 Å². The molecule has 0 amide bonds. The summed E-state index contributed by atoms with van der Waals surface area (Å²) in [5, 5.41) is 8.30. The lowest BCUT2D eigenvalue weighted by molar-refractivity contribution is 0.710. The molecule has 0 saturated heterocycles. The number of rotatable bonds is 4. The van der Waals surface area contributed by atoms with Gasteiger partial charge >= 0.3 is 0 Å². The maximum atomic E-state index is 4.67. The standard InChI is InChI=1S/C16H16N4S/c1-12-18-19-16(15(21)14-9-5-6-10-17-14)20(12)11-13-7-3-2-4-8-13/h2-10,15,21H,11H2,1H3. The van der Waals surface area contributed by atoms with E-state index in [2.05, 4.69) is 44.5 Å². The van der Waals surface area contributed by atoms with Gasteiger partial charge in [-0.25, -0.2) is 0 Å². The molecule has 0 saturated carbocycles. The van der Waals surface area contributed by atoms with Gasteiger partial charge in [0.1, 0.15) is 11.1 Å². The molecular weight excluding hydrogens is 280 g/mol. The molecule has 0 aliphatic rings. The molecule has 1 atom stereocenters. The molecule has 0 radical (unpaired) electrons. The second-order valence-corrected chi connectivity index (χ2v) is 5.35. The van der Waals surface area contributed by atoms with Crippen LogP contribution in [0.4, 0.5) is 0 Å². The Labute approximate surface area is 129 Å². The number of pyridine rings is 1. The van der Waals surface area contributed by atoms with E-state index in [1.54, 1.807) is 6.20 Å². The minimum atomic E-state index is -0.184. The fourth-order valence-electron chi connectivity index (χ4n) is 2.23. The first-order chi connectivity index (χ1) is 10.3. The minimum Gasteiger partial charge on any atom is -0.309 e. The van der Waals surface area contributed by atoms with Crippen molar-refractivity contribution in [3.05, 3.63) is 77.6 Å². The van der Waals surface area contributed by atoms with Crippen LogP contribution in [-0.2, 0) is 6.54 Å². The van der Waals surface area contributed by atoms with E-state index in [0.29, 0.717) is 0 Å². The van der Waals surface area contributed by atoms with Crippen molar-refractivity contribution in [1.29, 1.82) is 0 Å². The Morgan fingerprint density at radius 1 is 1.05 bits per heavy atom. The predicted octanol–water partition coefficient (Wildman–Crippen LogP) is 3.05. The molecule has 106 valence electrons. The van der Waals surface area contributed by atoms with E-state index in [1.807, 2.05) is 43.3 Å². The fraction of sp³-hybridized carbons (Fsp3) is 0.188. The van der Waals surface area contributed by atoms with E-state index in [9.17, 15) is 0 Å². The van der Waals surface area contributed by atoms with E-state index in [-0.39, 0.29) is 5.25 Å². The van der Waals surface area contributed by atoms with Crippen LogP contribution in [0.1, 0.15) is 28.2 Å². The molecule has 4 nitrogen and oxygen atoms in total. The molecule has 0 N–H and O–H groups in total. The lowest BCUT2D eigenvalue weighted by Gasteiger charge is -2.13. The van der Waals surface area contributed by atoms with Crippen LogP contribution >= 0.6 is 12.6 Å². The van der Waals surface area contributed by atoms with E-state index >= 15 is 0 Å². The molecule has 3 aromatic rings. The van der Waals surface area contributed by atoms with Gasteiger partial charge < -0.3 is 4.57 Å². The molecule has 21 heavy (non-hydrogen) atoms. The van der Waals surface area contributed by atoms with Crippen molar-refractivity contribution in [1.82, 2.24) is 19.7 Å². The Kier molecular flexibility index (Phi) is 4.01. The van der Waals surface area contributed by atoms with Crippen LogP contribution in [0.25, 0.3) is 0 Å². The van der Waals surface area contributed by atoms with Gasteiger partial charge in [-0.1, -0.05) is 36.4 Å². The summed E-state index contributed by atoms with van der Waals surface area (Å²) in [6.45, 7) is 2.69. The number of aromatic nitrogens is 4. The number of aryl methyl sites for hydroxylation is 1. The van der Waals surface area contributed by atoms with Crippen molar-refractivity contribution in [3.63, 3.8) is 0 Å². The third-order valence-electron chi connectivity index (χ3n) is 3.36. The van der Waals surface area contributed by atoms with Crippen molar-refractivity contribution in [2.24, 2.45) is 0 Å². The van der Waals surface area contributed by atoms with Crippen LogP contribution in [0.5, 0.6) is 0 Å². The first-order valence-electron chi connectivity index (χ1n) is 6.78. The average Bonchev–Trinajstić information content (AvgIpc) is 2.90. The smallest absolute Gasteiger partial charge is 0.152 e. The molecule has 1 unspecified atom stereocenters. The first kappa shape index (κ1) is 13.8. The van der Waals surface area contributed by atoms with Gasteiger partial charge in [-0.05, 0) is 24.6 Å². The van der Waals surface area contributed by atoms with Crippen LogP contribution < -0.4 is 0 Å². The topological polar surface area (TPSA) is 43.6 Å². The van der Waals surface area contributed by atoms with Crippen molar-refractivity contribution >= 4 is 12.6 Å². The largest absolute Gasteiger partial charge is 0.309 e. The summed E-state index contributed by atoms with van der Waals surface area (Å²) in [7, 11) is 0. The molecule has 2 heterocycles. The zero-order chi connectivity index (χ0) is 14.7. The summed E-state index contributed by atoms with van der Waals surface area (Å²) in [5.41, 5.74) is 2.09. The Balaban J connectivity index is 1.94. The number of thiol groups is 1. The van der Waals surface area contributed by atoms with Crippen LogP contribution in [0.15, 0.2) is 54.7 Å². The molecule has 0 fully saturated rings. The number of hydrogen-bond donors (Lipinski definition) is 1. The summed E-state index contributed by atoms with van der Waals surface area (Å²) in [5.74, 6) is 1.70. The molecule has 0 aliphatic carbocycles. The lowest BCUT2D eigenvalue weighted by atomic mass is 10.2. The highest BCUT2D eigenvalue weighted by molar-refractivity contribution is 7.80. The first-order valence-corrected chi connectivity index (χ1v) is 7.30. The second kappa shape index (κ2) is 6.10. The molecule has 0 bridgehead atoms. The molecule has 2 aromatic heterocycles. The summed E-state index contributed by atoms with van der Waals surface area (Å²) in [6, 6.07) is 16.1. The van der Waals surface area contributed by atoms with Crippen LogP contribution in [0.2, 0.25) is 0 Å². The third kappa shape index (κ3) is 2.97. The zero-order valence-corrected chi connectivity index (χ0v) is 12.6. The number of hydrogen-bond acceptors (Lipinski definition) is 4. The molecule has 1 aromatic carbocycles. The predicted molar refractivity (Wildman–Crippen MR) is 85.4 cm³/mol. The van der Waals surface area contributed by atoms with Gasteiger partial charge in [0.2, 0.25) is 0 Å². The van der Waals surface area contributed by atoms with Gasteiger partial charge in [-0.3, -0.25) is 4.98 Å².